The summed E-state index contributed by atoms with van der Waals surface area (Å²) in [6.07, 6.45) is 6.61. The quantitative estimate of drug-likeness (QED) is 0.184. The number of benzene rings is 6. The third kappa shape index (κ3) is 5.83. The number of fused-ring (bicyclic) bond motifs is 5. The first kappa shape index (κ1) is 31.9. The molecular formula is C48H45NO. The van der Waals surface area contributed by atoms with Gasteiger partial charge < -0.3 is 9.32 Å². The molecule has 6 aromatic carbocycles. The van der Waals surface area contributed by atoms with Gasteiger partial charge >= 0.3 is 0 Å². The molecule has 0 bridgehead atoms. The molecule has 0 fully saturated rings. The normalized spacial score (nSPS) is 13.9. The van der Waals surface area contributed by atoms with Gasteiger partial charge in [-0.15, -0.1) is 0 Å². The molecule has 0 atom stereocenters. The van der Waals surface area contributed by atoms with Crippen LogP contribution in [0.2, 0.25) is 0 Å². The zero-order valence-electron chi connectivity index (χ0n) is 30.0. The van der Waals surface area contributed by atoms with Crippen LogP contribution >= 0.6 is 0 Å². The predicted molar refractivity (Wildman–Crippen MR) is 214 cm³/mol. The van der Waals surface area contributed by atoms with E-state index in [2.05, 4.69) is 186 Å². The van der Waals surface area contributed by atoms with Crippen LogP contribution in [-0.4, -0.2) is 0 Å². The Morgan fingerprint density at radius 3 is 1.96 bits per heavy atom. The van der Waals surface area contributed by atoms with Crippen LogP contribution in [0.1, 0.15) is 71.1 Å². The second kappa shape index (κ2) is 12.2. The van der Waals surface area contributed by atoms with E-state index in [9.17, 15) is 0 Å². The van der Waals surface area contributed by atoms with Crippen molar-refractivity contribution in [1.82, 2.24) is 0 Å². The van der Waals surface area contributed by atoms with Crippen molar-refractivity contribution in [2.24, 2.45) is 0 Å². The van der Waals surface area contributed by atoms with Crippen LogP contribution in [0, 0.1) is 0 Å². The Labute approximate surface area is 296 Å². The maximum Gasteiger partial charge on any atom is 0.143 e. The molecule has 2 nitrogen and oxygen atoms in total. The molecule has 0 N–H and O–H groups in total. The van der Waals surface area contributed by atoms with Gasteiger partial charge in [0.25, 0.3) is 0 Å². The SMILES string of the molecule is CC(C)(C)c1cc(N(C2=CC=C(c3ccccc3)CC2)c2cccc(-c3cccc4oc5c6ccccc6ccc5c34)c2)cc(C(C)(C)C)c1. The lowest BCUT2D eigenvalue weighted by molar-refractivity contribution is 0.568. The first-order chi connectivity index (χ1) is 24.0. The third-order valence-corrected chi connectivity index (χ3v) is 10.3. The molecule has 50 heavy (non-hydrogen) atoms. The summed E-state index contributed by atoms with van der Waals surface area (Å²) >= 11 is 0. The van der Waals surface area contributed by atoms with E-state index >= 15 is 0 Å². The van der Waals surface area contributed by atoms with Crippen LogP contribution in [0.5, 0.6) is 0 Å². The maximum atomic E-state index is 6.58. The Kier molecular flexibility index (Phi) is 7.79. The van der Waals surface area contributed by atoms with E-state index in [4.69, 9.17) is 4.42 Å². The van der Waals surface area contributed by atoms with Gasteiger partial charge in [0, 0.05) is 33.2 Å². The zero-order valence-corrected chi connectivity index (χ0v) is 30.0. The fourth-order valence-electron chi connectivity index (χ4n) is 7.40. The number of allylic oxidation sites excluding steroid dienone is 4. The highest BCUT2D eigenvalue weighted by Gasteiger charge is 2.25. The number of anilines is 2. The van der Waals surface area contributed by atoms with Crippen molar-refractivity contribution in [2.75, 3.05) is 4.90 Å². The molecule has 0 unspecified atom stereocenters. The van der Waals surface area contributed by atoms with Crippen molar-refractivity contribution in [3.05, 3.63) is 162 Å². The highest BCUT2D eigenvalue weighted by Crippen LogP contribution is 2.44. The first-order valence-electron chi connectivity index (χ1n) is 17.9. The van der Waals surface area contributed by atoms with E-state index in [-0.39, 0.29) is 10.8 Å². The fourth-order valence-corrected chi connectivity index (χ4v) is 7.40. The van der Waals surface area contributed by atoms with Gasteiger partial charge in [0.1, 0.15) is 11.2 Å². The molecule has 248 valence electrons. The minimum Gasteiger partial charge on any atom is -0.455 e. The number of nitrogens with zero attached hydrogens (tertiary/aromatic N) is 1. The van der Waals surface area contributed by atoms with Gasteiger partial charge in [0.2, 0.25) is 0 Å². The second-order valence-corrected chi connectivity index (χ2v) is 15.8. The molecule has 0 saturated heterocycles. The average molecular weight is 652 g/mol. The summed E-state index contributed by atoms with van der Waals surface area (Å²) in [6, 6.07) is 46.5. The lowest BCUT2D eigenvalue weighted by Gasteiger charge is -2.33. The molecule has 0 radical (unpaired) electrons. The second-order valence-electron chi connectivity index (χ2n) is 15.8. The Morgan fingerprint density at radius 1 is 0.540 bits per heavy atom. The van der Waals surface area contributed by atoms with Crippen molar-refractivity contribution in [2.45, 2.75) is 65.2 Å². The van der Waals surface area contributed by atoms with E-state index in [1.54, 1.807) is 0 Å². The van der Waals surface area contributed by atoms with Crippen molar-refractivity contribution in [1.29, 1.82) is 0 Å². The van der Waals surface area contributed by atoms with Gasteiger partial charge in [-0.1, -0.05) is 139 Å². The van der Waals surface area contributed by atoms with Gasteiger partial charge in [-0.2, -0.15) is 0 Å². The first-order valence-corrected chi connectivity index (χ1v) is 17.9. The van der Waals surface area contributed by atoms with Gasteiger partial charge in [-0.05, 0) is 105 Å². The molecular weight excluding hydrogens is 607 g/mol. The topological polar surface area (TPSA) is 16.4 Å². The number of hydrogen-bond donors (Lipinski definition) is 0. The van der Waals surface area contributed by atoms with E-state index < -0.39 is 0 Å². The standard InChI is InChI=1S/C48H45NO/c1-47(2,3)36-29-37(48(4,5)6)31-40(30-36)49(38-25-22-33(23-26-38)32-14-8-7-9-15-32)39-18-12-17-35(28-39)41-20-13-21-44-45(41)43-27-24-34-16-10-11-19-42(34)46(43)50-44/h7-22,24-25,27-31H,23,26H2,1-6H3. The molecule has 1 aliphatic rings. The van der Waals surface area contributed by atoms with Crippen LogP contribution in [0.4, 0.5) is 11.4 Å². The van der Waals surface area contributed by atoms with Gasteiger partial charge in [-0.25, -0.2) is 0 Å². The van der Waals surface area contributed by atoms with Crippen LogP contribution in [0.15, 0.2) is 150 Å². The Balaban J connectivity index is 1.32. The largest absolute Gasteiger partial charge is 0.455 e. The predicted octanol–water partition coefficient (Wildman–Crippen LogP) is 13.9. The third-order valence-electron chi connectivity index (χ3n) is 10.3. The zero-order chi connectivity index (χ0) is 34.6. The summed E-state index contributed by atoms with van der Waals surface area (Å²) in [5.74, 6) is 0. The van der Waals surface area contributed by atoms with Crippen molar-refractivity contribution in [3.63, 3.8) is 0 Å². The highest BCUT2D eigenvalue weighted by atomic mass is 16.3. The Morgan fingerprint density at radius 2 is 1.24 bits per heavy atom. The van der Waals surface area contributed by atoms with E-state index in [1.807, 2.05) is 0 Å². The maximum absolute atomic E-state index is 6.58. The number of hydrogen-bond acceptors (Lipinski definition) is 2. The van der Waals surface area contributed by atoms with E-state index in [0.29, 0.717) is 0 Å². The molecule has 0 spiro atoms. The van der Waals surface area contributed by atoms with Crippen LogP contribution in [0.25, 0.3) is 49.4 Å². The summed E-state index contributed by atoms with van der Waals surface area (Å²) in [5.41, 5.74) is 13.3. The van der Waals surface area contributed by atoms with Gasteiger partial charge in [-0.3, -0.25) is 0 Å². The molecule has 0 amide bonds. The van der Waals surface area contributed by atoms with Crippen LogP contribution in [-0.2, 0) is 10.8 Å². The molecule has 1 aliphatic carbocycles. The summed E-state index contributed by atoms with van der Waals surface area (Å²) in [7, 11) is 0. The highest BCUT2D eigenvalue weighted by molar-refractivity contribution is 6.19. The Bertz CT molecular complexity index is 2410. The van der Waals surface area contributed by atoms with E-state index in [0.717, 1.165) is 45.9 Å². The summed E-state index contributed by atoms with van der Waals surface area (Å²) in [6.45, 7) is 13.9. The van der Waals surface area contributed by atoms with Crippen molar-refractivity contribution < 1.29 is 4.42 Å². The average Bonchev–Trinajstić information content (AvgIpc) is 3.51. The lowest BCUT2D eigenvalue weighted by atomic mass is 9.80. The molecule has 1 heterocycles. The summed E-state index contributed by atoms with van der Waals surface area (Å²) in [4.78, 5) is 2.51. The summed E-state index contributed by atoms with van der Waals surface area (Å²) in [5, 5.41) is 4.65. The smallest absolute Gasteiger partial charge is 0.143 e. The van der Waals surface area contributed by atoms with Crippen LogP contribution in [0.3, 0.4) is 0 Å². The van der Waals surface area contributed by atoms with Crippen LogP contribution < -0.4 is 4.90 Å². The lowest BCUT2D eigenvalue weighted by Crippen LogP contribution is -2.22. The monoisotopic (exact) mass is 651 g/mol. The van der Waals surface area contributed by atoms with E-state index in [1.165, 1.54) is 50.2 Å². The minimum atomic E-state index is 0.00696. The van der Waals surface area contributed by atoms with Crippen molar-refractivity contribution >= 4 is 49.7 Å². The molecule has 0 saturated carbocycles. The fraction of sp³-hybridized carbons (Fsp3) is 0.208. The minimum absolute atomic E-state index is 0.00696. The Hall–Kier alpha value is -5.34. The molecule has 1 aromatic heterocycles. The number of rotatable bonds is 5. The van der Waals surface area contributed by atoms with Gasteiger partial charge in [0.05, 0.1) is 0 Å². The summed E-state index contributed by atoms with van der Waals surface area (Å²) < 4.78 is 6.58. The van der Waals surface area contributed by atoms with Gasteiger partial charge in [0.15, 0.2) is 0 Å². The molecule has 8 rings (SSSR count). The molecule has 7 aromatic rings. The number of furan rings is 1. The molecule has 2 heteroatoms. The van der Waals surface area contributed by atoms with Crippen molar-refractivity contribution in [3.8, 4) is 11.1 Å². The molecule has 0 aliphatic heterocycles.